The second-order valence-electron chi connectivity index (χ2n) is 4.98. The molecule has 0 bridgehead atoms. The molecule has 0 heterocycles. The number of hydrogen-bond donors (Lipinski definition) is 1. The van der Waals surface area contributed by atoms with Gasteiger partial charge in [0.05, 0.1) is 6.61 Å². The van der Waals surface area contributed by atoms with E-state index in [0.717, 1.165) is 25.3 Å². The largest absolute Gasteiger partial charge is 0.494 e. The lowest BCUT2D eigenvalue weighted by molar-refractivity contribution is 0.339. The molecule has 2 rings (SSSR count). The molecule has 1 fully saturated rings. The van der Waals surface area contributed by atoms with Gasteiger partial charge in [0.15, 0.2) is 0 Å². The second kappa shape index (κ2) is 5.54. The van der Waals surface area contributed by atoms with Gasteiger partial charge in [-0.2, -0.15) is 0 Å². The van der Waals surface area contributed by atoms with E-state index in [1.54, 1.807) is 0 Å². The van der Waals surface area contributed by atoms with Crippen LogP contribution in [0.2, 0.25) is 0 Å². The fraction of sp³-hybridized carbons (Fsp3) is 0.600. The summed E-state index contributed by atoms with van der Waals surface area (Å²) in [6, 6.07) is 8.64. The molecule has 17 heavy (non-hydrogen) atoms. The Balaban J connectivity index is 2.18. The fourth-order valence-electron chi connectivity index (χ4n) is 3.08. The van der Waals surface area contributed by atoms with Crippen molar-refractivity contribution in [3.63, 3.8) is 0 Å². The van der Waals surface area contributed by atoms with Gasteiger partial charge in [-0.25, -0.2) is 0 Å². The van der Waals surface area contributed by atoms with Crippen molar-refractivity contribution in [1.82, 2.24) is 0 Å². The van der Waals surface area contributed by atoms with Crippen molar-refractivity contribution >= 4 is 0 Å². The van der Waals surface area contributed by atoms with Crippen LogP contribution in [0.4, 0.5) is 0 Å². The molecule has 0 amide bonds. The monoisotopic (exact) mass is 233 g/mol. The molecule has 1 aliphatic rings. The Labute approximate surface area is 104 Å². The minimum atomic E-state index is 0.347. The summed E-state index contributed by atoms with van der Waals surface area (Å²) in [4.78, 5) is 0. The molecule has 0 atom stereocenters. The first-order valence-corrected chi connectivity index (χ1v) is 6.74. The maximum atomic E-state index is 5.78. The van der Waals surface area contributed by atoms with E-state index < -0.39 is 0 Å². The predicted octanol–water partition coefficient (Wildman–Crippen LogP) is 3.25. The van der Waals surface area contributed by atoms with Crippen LogP contribution in [0.5, 0.6) is 5.75 Å². The van der Waals surface area contributed by atoms with Gasteiger partial charge in [-0.05, 0) is 55.8 Å². The molecule has 2 heteroatoms. The average molecular weight is 233 g/mol. The molecule has 1 aromatic carbocycles. The van der Waals surface area contributed by atoms with E-state index in [2.05, 4.69) is 24.3 Å². The van der Waals surface area contributed by atoms with E-state index in [-0.39, 0.29) is 0 Å². The standard InChI is InChI=1S/C15H23NO/c1-2-17-14-7-5-13(6-8-14)15(11-12-16)9-3-4-10-15/h5-8H,2-4,9-12,16H2,1H3. The molecule has 0 saturated heterocycles. The van der Waals surface area contributed by atoms with E-state index in [1.165, 1.54) is 31.2 Å². The summed E-state index contributed by atoms with van der Waals surface area (Å²) in [7, 11) is 0. The highest BCUT2D eigenvalue weighted by Crippen LogP contribution is 2.43. The summed E-state index contributed by atoms with van der Waals surface area (Å²) in [5.41, 5.74) is 7.58. The number of rotatable bonds is 5. The molecule has 1 aliphatic carbocycles. The second-order valence-corrected chi connectivity index (χ2v) is 4.98. The topological polar surface area (TPSA) is 35.2 Å². The molecule has 2 nitrogen and oxygen atoms in total. The minimum absolute atomic E-state index is 0.347. The third-order valence-electron chi connectivity index (χ3n) is 3.96. The molecular weight excluding hydrogens is 210 g/mol. The minimum Gasteiger partial charge on any atom is -0.494 e. The lowest BCUT2D eigenvalue weighted by Crippen LogP contribution is -2.25. The first-order valence-electron chi connectivity index (χ1n) is 6.74. The van der Waals surface area contributed by atoms with Gasteiger partial charge in [0, 0.05) is 0 Å². The predicted molar refractivity (Wildman–Crippen MR) is 71.4 cm³/mol. The van der Waals surface area contributed by atoms with Gasteiger partial charge in [-0.15, -0.1) is 0 Å². The van der Waals surface area contributed by atoms with Gasteiger partial charge in [0.1, 0.15) is 5.75 Å². The molecule has 1 aromatic rings. The van der Waals surface area contributed by atoms with Gasteiger partial charge < -0.3 is 10.5 Å². The van der Waals surface area contributed by atoms with E-state index >= 15 is 0 Å². The Morgan fingerprint density at radius 2 is 1.82 bits per heavy atom. The number of hydrogen-bond acceptors (Lipinski definition) is 2. The summed E-state index contributed by atoms with van der Waals surface area (Å²) >= 11 is 0. The van der Waals surface area contributed by atoms with Crippen LogP contribution in [-0.2, 0) is 5.41 Å². The van der Waals surface area contributed by atoms with Crippen molar-refractivity contribution in [2.24, 2.45) is 5.73 Å². The zero-order valence-corrected chi connectivity index (χ0v) is 10.7. The molecule has 0 unspecified atom stereocenters. The molecule has 0 aliphatic heterocycles. The molecule has 0 radical (unpaired) electrons. The zero-order valence-electron chi connectivity index (χ0n) is 10.7. The average Bonchev–Trinajstić information content (AvgIpc) is 2.81. The lowest BCUT2D eigenvalue weighted by atomic mass is 9.76. The Bertz CT molecular complexity index is 338. The first kappa shape index (κ1) is 12.4. The Morgan fingerprint density at radius 3 is 2.35 bits per heavy atom. The maximum absolute atomic E-state index is 5.78. The molecule has 94 valence electrons. The third kappa shape index (κ3) is 2.63. The summed E-state index contributed by atoms with van der Waals surface area (Å²) in [5, 5.41) is 0. The van der Waals surface area contributed by atoms with Crippen molar-refractivity contribution in [3.05, 3.63) is 29.8 Å². The summed E-state index contributed by atoms with van der Waals surface area (Å²) in [5.74, 6) is 0.970. The number of ether oxygens (including phenoxy) is 1. The van der Waals surface area contributed by atoms with Gasteiger partial charge in [-0.1, -0.05) is 25.0 Å². The van der Waals surface area contributed by atoms with Gasteiger partial charge in [-0.3, -0.25) is 0 Å². The maximum Gasteiger partial charge on any atom is 0.119 e. The van der Waals surface area contributed by atoms with Crippen LogP contribution in [0.15, 0.2) is 24.3 Å². The van der Waals surface area contributed by atoms with Crippen molar-refractivity contribution in [3.8, 4) is 5.75 Å². The normalized spacial score (nSPS) is 18.2. The zero-order chi connectivity index (χ0) is 12.1. The smallest absolute Gasteiger partial charge is 0.119 e. The molecule has 0 spiro atoms. The highest BCUT2D eigenvalue weighted by molar-refractivity contribution is 5.33. The first-order chi connectivity index (χ1) is 8.30. The van der Waals surface area contributed by atoms with E-state index in [0.29, 0.717) is 5.41 Å². The van der Waals surface area contributed by atoms with Crippen LogP contribution < -0.4 is 10.5 Å². The summed E-state index contributed by atoms with van der Waals surface area (Å²) in [6.07, 6.45) is 6.37. The Morgan fingerprint density at radius 1 is 1.18 bits per heavy atom. The van der Waals surface area contributed by atoms with Gasteiger partial charge in [0.2, 0.25) is 0 Å². The molecule has 2 N–H and O–H groups in total. The molecule has 0 aromatic heterocycles. The highest BCUT2D eigenvalue weighted by Gasteiger charge is 2.34. The van der Waals surface area contributed by atoms with E-state index in [1.807, 2.05) is 6.92 Å². The van der Waals surface area contributed by atoms with Crippen LogP contribution in [0.3, 0.4) is 0 Å². The summed E-state index contributed by atoms with van der Waals surface area (Å²) < 4.78 is 5.49. The van der Waals surface area contributed by atoms with Crippen LogP contribution >= 0.6 is 0 Å². The van der Waals surface area contributed by atoms with E-state index in [4.69, 9.17) is 10.5 Å². The molecule has 1 saturated carbocycles. The SMILES string of the molecule is CCOc1ccc(C2(CCN)CCCC2)cc1. The van der Waals surface area contributed by atoms with Crippen molar-refractivity contribution in [1.29, 1.82) is 0 Å². The Kier molecular flexibility index (Phi) is 4.06. The van der Waals surface area contributed by atoms with Crippen molar-refractivity contribution in [2.45, 2.75) is 44.4 Å². The van der Waals surface area contributed by atoms with Crippen molar-refractivity contribution < 1.29 is 4.74 Å². The van der Waals surface area contributed by atoms with Crippen LogP contribution in [0.25, 0.3) is 0 Å². The summed E-state index contributed by atoms with van der Waals surface area (Å²) in [6.45, 7) is 3.53. The third-order valence-corrected chi connectivity index (χ3v) is 3.96. The number of benzene rings is 1. The Hall–Kier alpha value is -1.02. The number of nitrogens with two attached hydrogens (primary N) is 1. The van der Waals surface area contributed by atoms with Crippen LogP contribution in [-0.4, -0.2) is 13.2 Å². The van der Waals surface area contributed by atoms with E-state index in [9.17, 15) is 0 Å². The van der Waals surface area contributed by atoms with Gasteiger partial charge >= 0.3 is 0 Å². The van der Waals surface area contributed by atoms with Gasteiger partial charge in [0.25, 0.3) is 0 Å². The lowest BCUT2D eigenvalue weighted by Gasteiger charge is -2.29. The molecular formula is C15H23NO. The van der Waals surface area contributed by atoms with Crippen molar-refractivity contribution in [2.75, 3.05) is 13.2 Å². The fourth-order valence-corrected chi connectivity index (χ4v) is 3.08. The van der Waals surface area contributed by atoms with Crippen LogP contribution in [0, 0.1) is 0 Å². The highest BCUT2D eigenvalue weighted by atomic mass is 16.5. The quantitative estimate of drug-likeness (QED) is 0.847. The van der Waals surface area contributed by atoms with Crippen LogP contribution in [0.1, 0.15) is 44.6 Å².